The van der Waals surface area contributed by atoms with Gasteiger partial charge in [-0.25, -0.2) is 4.98 Å². The van der Waals surface area contributed by atoms with Gasteiger partial charge in [-0.15, -0.1) is 0 Å². The second-order valence-electron chi connectivity index (χ2n) is 5.26. The second-order valence-corrected chi connectivity index (χ2v) is 5.26. The fourth-order valence-electron chi connectivity index (χ4n) is 2.81. The van der Waals surface area contributed by atoms with Crippen molar-refractivity contribution in [3.8, 4) is 0 Å². The number of H-pyrrole nitrogens is 1. The molecule has 0 fully saturated rings. The average molecular weight is 281 g/mol. The van der Waals surface area contributed by atoms with E-state index in [1.807, 2.05) is 35.4 Å². The predicted octanol–water partition coefficient (Wildman–Crippen LogP) is 1.60. The molecule has 0 saturated heterocycles. The number of imidazole rings is 1. The lowest BCUT2D eigenvalue weighted by atomic mass is 10.2. The van der Waals surface area contributed by atoms with Crippen LogP contribution in [0, 0.1) is 0 Å². The maximum absolute atomic E-state index is 12.6. The first-order valence-electron chi connectivity index (χ1n) is 6.89. The molecule has 1 amide bonds. The number of hydrogen-bond acceptors (Lipinski definition) is 3. The molecule has 3 heterocycles. The number of nitrogen functional groups attached to an aromatic ring is 1. The summed E-state index contributed by atoms with van der Waals surface area (Å²) in [5.41, 5.74) is 7.97. The van der Waals surface area contributed by atoms with Crippen molar-refractivity contribution in [1.82, 2.24) is 19.4 Å². The zero-order valence-electron chi connectivity index (χ0n) is 11.4. The first-order valence-corrected chi connectivity index (χ1v) is 6.89. The standard InChI is InChI=1S/C15H15N5O/c16-11-3-1-2-10-8-12(18-14(10)11)15(21)20-7-6-19-5-4-17-13(19)9-20/h1-5,8,18H,6-7,9,16H2. The summed E-state index contributed by atoms with van der Waals surface area (Å²) in [6.45, 7) is 2.01. The highest BCUT2D eigenvalue weighted by Gasteiger charge is 2.23. The van der Waals surface area contributed by atoms with Gasteiger partial charge in [-0.2, -0.15) is 0 Å². The summed E-state index contributed by atoms with van der Waals surface area (Å²) < 4.78 is 2.08. The molecule has 1 aromatic carbocycles. The van der Waals surface area contributed by atoms with Gasteiger partial charge in [-0.3, -0.25) is 4.79 Å². The first kappa shape index (κ1) is 12.0. The Morgan fingerprint density at radius 2 is 2.24 bits per heavy atom. The SMILES string of the molecule is Nc1cccc2cc(C(=O)N3CCn4ccnc4C3)[nH]c12. The lowest BCUT2D eigenvalue weighted by Gasteiger charge is -2.27. The number of benzene rings is 1. The van der Waals surface area contributed by atoms with E-state index >= 15 is 0 Å². The molecule has 4 rings (SSSR count). The highest BCUT2D eigenvalue weighted by Crippen LogP contribution is 2.22. The Morgan fingerprint density at radius 3 is 3.10 bits per heavy atom. The summed E-state index contributed by atoms with van der Waals surface area (Å²) in [6, 6.07) is 7.51. The van der Waals surface area contributed by atoms with E-state index in [0.717, 1.165) is 23.3 Å². The van der Waals surface area contributed by atoms with Gasteiger partial charge in [0.15, 0.2) is 0 Å². The zero-order valence-corrected chi connectivity index (χ0v) is 11.4. The number of aromatic amines is 1. The van der Waals surface area contributed by atoms with Gasteiger partial charge in [0, 0.05) is 30.9 Å². The molecule has 6 nitrogen and oxygen atoms in total. The highest BCUT2D eigenvalue weighted by molar-refractivity contribution is 6.00. The van der Waals surface area contributed by atoms with E-state index in [1.165, 1.54) is 0 Å². The van der Waals surface area contributed by atoms with E-state index in [1.54, 1.807) is 6.20 Å². The number of para-hydroxylation sites is 1. The van der Waals surface area contributed by atoms with Crippen LogP contribution in [0.5, 0.6) is 0 Å². The minimum absolute atomic E-state index is 0.0140. The van der Waals surface area contributed by atoms with E-state index in [-0.39, 0.29) is 5.91 Å². The average Bonchev–Trinajstić information content (AvgIpc) is 3.12. The molecule has 0 bridgehead atoms. The number of carbonyl (C=O) groups excluding carboxylic acids is 1. The van der Waals surface area contributed by atoms with Gasteiger partial charge in [0.2, 0.25) is 0 Å². The normalized spacial score (nSPS) is 14.4. The van der Waals surface area contributed by atoms with Crippen LogP contribution in [0.4, 0.5) is 5.69 Å². The van der Waals surface area contributed by atoms with E-state index in [9.17, 15) is 4.79 Å². The third-order valence-corrected chi connectivity index (χ3v) is 3.95. The summed E-state index contributed by atoms with van der Waals surface area (Å²) in [5, 5.41) is 0.955. The number of nitrogens with two attached hydrogens (primary N) is 1. The topological polar surface area (TPSA) is 79.9 Å². The zero-order chi connectivity index (χ0) is 14.4. The van der Waals surface area contributed by atoms with Gasteiger partial charge in [0.05, 0.1) is 17.7 Å². The van der Waals surface area contributed by atoms with Crippen molar-refractivity contribution in [3.05, 3.63) is 48.2 Å². The number of aromatic nitrogens is 3. The van der Waals surface area contributed by atoms with E-state index in [2.05, 4.69) is 14.5 Å². The Morgan fingerprint density at radius 1 is 1.33 bits per heavy atom. The largest absolute Gasteiger partial charge is 0.397 e. The van der Waals surface area contributed by atoms with Crippen LogP contribution in [-0.2, 0) is 13.1 Å². The lowest BCUT2D eigenvalue weighted by Crippen LogP contribution is -2.38. The molecule has 0 radical (unpaired) electrons. The lowest BCUT2D eigenvalue weighted by molar-refractivity contribution is 0.0702. The molecule has 3 aromatic rings. The summed E-state index contributed by atoms with van der Waals surface area (Å²) in [4.78, 5) is 21.9. The van der Waals surface area contributed by atoms with Gasteiger partial charge in [-0.05, 0) is 12.1 Å². The minimum atomic E-state index is -0.0140. The van der Waals surface area contributed by atoms with Gasteiger partial charge in [0.25, 0.3) is 5.91 Å². The van der Waals surface area contributed by atoms with Crippen LogP contribution in [0.15, 0.2) is 36.7 Å². The van der Waals surface area contributed by atoms with Crippen molar-refractivity contribution in [2.75, 3.05) is 12.3 Å². The third kappa shape index (κ3) is 1.87. The Labute approximate surface area is 121 Å². The predicted molar refractivity (Wildman–Crippen MR) is 79.7 cm³/mol. The molecule has 6 heteroatoms. The molecule has 0 atom stereocenters. The number of nitrogens with zero attached hydrogens (tertiary/aromatic N) is 3. The quantitative estimate of drug-likeness (QED) is 0.665. The molecule has 0 unspecified atom stereocenters. The second kappa shape index (κ2) is 4.37. The summed E-state index contributed by atoms with van der Waals surface area (Å²) in [6.07, 6.45) is 3.72. The minimum Gasteiger partial charge on any atom is -0.397 e. The van der Waals surface area contributed by atoms with Gasteiger partial charge in [-0.1, -0.05) is 12.1 Å². The van der Waals surface area contributed by atoms with Gasteiger partial charge in [0.1, 0.15) is 11.5 Å². The summed E-state index contributed by atoms with van der Waals surface area (Å²) >= 11 is 0. The van der Waals surface area contributed by atoms with Gasteiger partial charge >= 0.3 is 0 Å². The van der Waals surface area contributed by atoms with Crippen molar-refractivity contribution in [2.24, 2.45) is 0 Å². The molecule has 0 aliphatic carbocycles. The van der Waals surface area contributed by atoms with Crippen LogP contribution in [0.25, 0.3) is 10.9 Å². The number of hydrogen-bond donors (Lipinski definition) is 2. The van der Waals surface area contributed by atoms with Crippen molar-refractivity contribution in [2.45, 2.75) is 13.1 Å². The summed E-state index contributed by atoms with van der Waals surface area (Å²) in [5.74, 6) is 0.907. The molecule has 0 saturated carbocycles. The van der Waals surface area contributed by atoms with Crippen molar-refractivity contribution in [3.63, 3.8) is 0 Å². The maximum Gasteiger partial charge on any atom is 0.270 e. The molecule has 2 aromatic heterocycles. The molecule has 1 aliphatic rings. The first-order chi connectivity index (χ1) is 10.2. The molecule has 21 heavy (non-hydrogen) atoms. The van der Waals surface area contributed by atoms with Crippen LogP contribution in [-0.4, -0.2) is 31.9 Å². The van der Waals surface area contributed by atoms with Gasteiger partial charge < -0.3 is 20.2 Å². The van der Waals surface area contributed by atoms with Crippen LogP contribution in [0.2, 0.25) is 0 Å². The van der Waals surface area contributed by atoms with Crippen molar-refractivity contribution >= 4 is 22.5 Å². The Bertz CT molecular complexity index is 832. The molecule has 0 spiro atoms. The maximum atomic E-state index is 12.6. The Kier molecular flexibility index (Phi) is 2.50. The fraction of sp³-hybridized carbons (Fsp3) is 0.200. The third-order valence-electron chi connectivity index (χ3n) is 3.95. The monoisotopic (exact) mass is 281 g/mol. The number of anilines is 1. The van der Waals surface area contributed by atoms with Crippen LogP contribution in [0.3, 0.4) is 0 Å². The van der Waals surface area contributed by atoms with Crippen LogP contribution < -0.4 is 5.73 Å². The van der Waals surface area contributed by atoms with Crippen molar-refractivity contribution in [1.29, 1.82) is 0 Å². The number of rotatable bonds is 1. The fourth-order valence-corrected chi connectivity index (χ4v) is 2.81. The van der Waals surface area contributed by atoms with E-state index in [0.29, 0.717) is 24.5 Å². The van der Waals surface area contributed by atoms with Crippen LogP contribution >= 0.6 is 0 Å². The number of amides is 1. The number of nitrogens with one attached hydrogen (secondary N) is 1. The Hall–Kier alpha value is -2.76. The number of fused-ring (bicyclic) bond motifs is 2. The molecule has 3 N–H and O–H groups in total. The molecular weight excluding hydrogens is 266 g/mol. The molecular formula is C15H15N5O. The highest BCUT2D eigenvalue weighted by atomic mass is 16.2. The smallest absolute Gasteiger partial charge is 0.270 e. The summed E-state index contributed by atoms with van der Waals surface area (Å²) in [7, 11) is 0. The van der Waals surface area contributed by atoms with E-state index in [4.69, 9.17) is 5.73 Å². The number of carbonyl (C=O) groups is 1. The molecule has 106 valence electrons. The van der Waals surface area contributed by atoms with Crippen molar-refractivity contribution < 1.29 is 4.79 Å². The Balaban J connectivity index is 1.66. The molecule has 1 aliphatic heterocycles. The van der Waals surface area contributed by atoms with E-state index < -0.39 is 0 Å². The van der Waals surface area contributed by atoms with Crippen LogP contribution in [0.1, 0.15) is 16.3 Å².